The number of carbonyl (C=O) groups excluding carboxylic acids is 1. The minimum absolute atomic E-state index is 0.0315. The Bertz CT molecular complexity index is 1800. The summed E-state index contributed by atoms with van der Waals surface area (Å²) >= 11 is 12.7. The highest BCUT2D eigenvalue weighted by Crippen LogP contribution is 2.39. The number of amides is 1. The van der Waals surface area contributed by atoms with Crippen LogP contribution in [-0.4, -0.2) is 72.5 Å². The first-order valence-corrected chi connectivity index (χ1v) is 17.5. The van der Waals surface area contributed by atoms with Crippen LogP contribution in [0.4, 0.5) is 18.0 Å². The molecule has 1 aliphatic heterocycles. The minimum atomic E-state index is -4.82. The fourth-order valence-corrected chi connectivity index (χ4v) is 7.10. The average molecular weight is 721 g/mol. The summed E-state index contributed by atoms with van der Waals surface area (Å²) < 4.78 is 75.0. The van der Waals surface area contributed by atoms with E-state index in [2.05, 4.69) is 15.6 Å². The lowest BCUT2D eigenvalue weighted by atomic mass is 10.0. The van der Waals surface area contributed by atoms with Crippen LogP contribution in [0.2, 0.25) is 10.0 Å². The number of piperidine rings is 1. The maximum Gasteiger partial charge on any atom is 0.416 e. The molecule has 47 heavy (non-hydrogen) atoms. The van der Waals surface area contributed by atoms with Gasteiger partial charge >= 0.3 is 12.3 Å². The number of sulfone groups is 1. The van der Waals surface area contributed by atoms with E-state index in [4.69, 9.17) is 27.9 Å². The van der Waals surface area contributed by atoms with Gasteiger partial charge in [0.25, 0.3) is 5.56 Å². The first kappa shape index (κ1) is 36.9. The molecule has 0 radical (unpaired) electrons. The lowest BCUT2D eigenvalue weighted by Gasteiger charge is -2.34. The van der Waals surface area contributed by atoms with Gasteiger partial charge in [-0.3, -0.25) is 14.3 Å². The van der Waals surface area contributed by atoms with Crippen LogP contribution in [0.1, 0.15) is 57.2 Å². The van der Waals surface area contributed by atoms with Crippen molar-refractivity contribution in [3.05, 3.63) is 67.7 Å². The number of likely N-dealkylation sites (tertiary alicyclic amines) is 1. The van der Waals surface area contributed by atoms with E-state index in [9.17, 15) is 31.2 Å². The number of rotatable bonds is 10. The summed E-state index contributed by atoms with van der Waals surface area (Å²) in [6, 6.07) is 4.89. The van der Waals surface area contributed by atoms with Crippen LogP contribution in [0.15, 0.2) is 40.3 Å². The van der Waals surface area contributed by atoms with Crippen molar-refractivity contribution in [2.45, 2.75) is 76.3 Å². The standard InChI is InChI=1S/C31H38Cl2F3N5O5S/c1-5-47(44,45)25-9-8-20(32)13-19(25)15-41-18-39-27-22(28(41)42)14-24(31(34,35)36)23(26(27)33)17-40-12-6-7-21(16-40)37-10-11-38-29(43)46-30(2,3)4/h8-9,13-14,18,21,37H,5-7,10-12,15-17H2,1-4H3,(H,38,43). The van der Waals surface area contributed by atoms with E-state index in [0.717, 1.165) is 29.8 Å². The number of carbonyl (C=O) groups is 1. The Balaban J connectivity index is 1.57. The molecule has 2 N–H and O–H groups in total. The molecular weight excluding hydrogens is 682 g/mol. The summed E-state index contributed by atoms with van der Waals surface area (Å²) in [6.45, 7) is 8.10. The van der Waals surface area contributed by atoms with Gasteiger partial charge in [-0.15, -0.1) is 0 Å². The summed E-state index contributed by atoms with van der Waals surface area (Å²) in [7, 11) is -3.69. The van der Waals surface area contributed by atoms with Gasteiger partial charge in [-0.2, -0.15) is 13.2 Å². The summed E-state index contributed by atoms with van der Waals surface area (Å²) in [4.78, 5) is 31.5. The molecule has 1 atom stereocenters. The molecule has 258 valence electrons. The number of hydrogen-bond donors (Lipinski definition) is 2. The molecule has 2 heterocycles. The van der Waals surface area contributed by atoms with E-state index >= 15 is 0 Å². The Kier molecular flexibility index (Phi) is 11.5. The SMILES string of the molecule is CCS(=O)(=O)c1ccc(Cl)cc1Cn1cnc2c(Cl)c(CN3CCCC(NCCNC(=O)OC(C)(C)C)C3)c(C(F)(F)F)cc2c1=O. The molecule has 1 aromatic heterocycles. The molecule has 0 spiro atoms. The highest BCUT2D eigenvalue weighted by molar-refractivity contribution is 7.91. The molecular formula is C31H38Cl2F3N5O5S. The first-order valence-electron chi connectivity index (χ1n) is 15.1. The predicted molar refractivity (Wildman–Crippen MR) is 175 cm³/mol. The maximum absolute atomic E-state index is 14.5. The Morgan fingerprint density at radius 2 is 1.85 bits per heavy atom. The molecule has 1 aliphatic rings. The molecule has 0 bridgehead atoms. The van der Waals surface area contributed by atoms with Crippen LogP contribution in [0.5, 0.6) is 0 Å². The van der Waals surface area contributed by atoms with Crippen molar-refractivity contribution in [3.8, 4) is 0 Å². The van der Waals surface area contributed by atoms with Gasteiger partial charge in [-0.1, -0.05) is 30.1 Å². The number of benzene rings is 2. The van der Waals surface area contributed by atoms with Crippen LogP contribution >= 0.6 is 23.2 Å². The smallest absolute Gasteiger partial charge is 0.416 e. The number of hydrogen-bond acceptors (Lipinski definition) is 8. The molecule has 0 saturated carbocycles. The topological polar surface area (TPSA) is 123 Å². The van der Waals surface area contributed by atoms with Gasteiger partial charge in [0, 0.05) is 37.2 Å². The van der Waals surface area contributed by atoms with Crippen LogP contribution in [0.25, 0.3) is 10.9 Å². The molecule has 3 aromatic rings. The third-order valence-corrected chi connectivity index (χ3v) is 10.1. The molecule has 1 amide bonds. The van der Waals surface area contributed by atoms with E-state index in [1.807, 2.05) is 4.90 Å². The minimum Gasteiger partial charge on any atom is -0.444 e. The maximum atomic E-state index is 14.5. The van der Waals surface area contributed by atoms with Gasteiger partial charge < -0.3 is 15.4 Å². The summed E-state index contributed by atoms with van der Waals surface area (Å²) in [6.07, 6.45) is -2.69. The third kappa shape index (κ3) is 9.38. The molecule has 1 fully saturated rings. The van der Waals surface area contributed by atoms with Crippen LogP contribution in [0, 0.1) is 0 Å². The number of nitrogens with zero attached hydrogens (tertiary/aromatic N) is 3. The number of alkyl halides is 3. The monoisotopic (exact) mass is 719 g/mol. The largest absolute Gasteiger partial charge is 0.444 e. The Hall–Kier alpha value is -2.91. The second kappa shape index (κ2) is 14.7. The fourth-order valence-electron chi connectivity index (χ4n) is 5.48. The van der Waals surface area contributed by atoms with Crippen molar-refractivity contribution in [1.82, 2.24) is 25.1 Å². The molecule has 0 aliphatic carbocycles. The third-order valence-electron chi connectivity index (χ3n) is 7.66. The molecule has 1 unspecified atom stereocenters. The molecule has 16 heteroatoms. The van der Waals surface area contributed by atoms with E-state index in [0.29, 0.717) is 26.2 Å². The van der Waals surface area contributed by atoms with Crippen LogP contribution < -0.4 is 16.2 Å². The highest BCUT2D eigenvalue weighted by atomic mass is 35.5. The Morgan fingerprint density at radius 1 is 1.13 bits per heavy atom. The fraction of sp³-hybridized carbons (Fsp3) is 0.516. The van der Waals surface area contributed by atoms with Crippen molar-refractivity contribution in [3.63, 3.8) is 0 Å². The zero-order chi connectivity index (χ0) is 34.7. The van der Waals surface area contributed by atoms with Gasteiger partial charge in [-0.25, -0.2) is 18.2 Å². The van der Waals surface area contributed by atoms with Crippen molar-refractivity contribution >= 4 is 50.0 Å². The highest BCUT2D eigenvalue weighted by Gasteiger charge is 2.37. The summed E-state index contributed by atoms with van der Waals surface area (Å²) in [5, 5.41) is 5.62. The van der Waals surface area contributed by atoms with E-state index in [1.165, 1.54) is 25.1 Å². The van der Waals surface area contributed by atoms with Crippen LogP contribution in [0.3, 0.4) is 0 Å². The van der Waals surface area contributed by atoms with Crippen molar-refractivity contribution < 1.29 is 31.1 Å². The van der Waals surface area contributed by atoms with Gasteiger partial charge in [0.05, 0.1) is 45.0 Å². The number of halogens is 5. The number of fused-ring (bicyclic) bond motifs is 1. The zero-order valence-electron chi connectivity index (χ0n) is 26.5. The molecule has 2 aromatic carbocycles. The van der Waals surface area contributed by atoms with Gasteiger partial charge in [0.2, 0.25) is 0 Å². The first-order chi connectivity index (χ1) is 21.9. The van der Waals surface area contributed by atoms with E-state index in [-0.39, 0.29) is 61.9 Å². The van der Waals surface area contributed by atoms with Gasteiger partial charge in [-0.05, 0) is 75.5 Å². The van der Waals surface area contributed by atoms with Crippen LogP contribution in [-0.2, 0) is 33.8 Å². The van der Waals surface area contributed by atoms with Gasteiger partial charge in [0.1, 0.15) is 5.60 Å². The number of alkyl carbamates (subject to hydrolysis) is 1. The van der Waals surface area contributed by atoms with E-state index in [1.54, 1.807) is 20.8 Å². The van der Waals surface area contributed by atoms with Crippen molar-refractivity contribution in [1.29, 1.82) is 0 Å². The lowest BCUT2D eigenvalue weighted by molar-refractivity contribution is -0.138. The molecule has 4 rings (SSSR count). The number of nitrogens with one attached hydrogen (secondary N) is 2. The van der Waals surface area contributed by atoms with Gasteiger partial charge in [0.15, 0.2) is 9.84 Å². The van der Waals surface area contributed by atoms with Crippen molar-refractivity contribution in [2.75, 3.05) is 31.9 Å². The Labute approximate surface area is 281 Å². The number of aromatic nitrogens is 2. The predicted octanol–water partition coefficient (Wildman–Crippen LogP) is 5.64. The second-order valence-corrected chi connectivity index (χ2v) is 15.5. The van der Waals surface area contributed by atoms with Crippen molar-refractivity contribution in [2.24, 2.45) is 0 Å². The molecule has 1 saturated heterocycles. The summed E-state index contributed by atoms with van der Waals surface area (Å²) in [5.74, 6) is -0.195. The summed E-state index contributed by atoms with van der Waals surface area (Å²) in [5.41, 5.74) is -2.53. The quantitative estimate of drug-likeness (QED) is 0.258. The normalized spacial score (nSPS) is 16.4. The lowest BCUT2D eigenvalue weighted by Crippen LogP contribution is -2.47. The zero-order valence-corrected chi connectivity index (χ0v) is 28.8. The molecule has 10 nitrogen and oxygen atoms in total. The van der Waals surface area contributed by atoms with E-state index < -0.39 is 38.8 Å². The number of ether oxygens (including phenoxy) is 1. The average Bonchev–Trinajstić information content (AvgIpc) is 2.97. The Morgan fingerprint density at radius 3 is 2.51 bits per heavy atom. The second-order valence-electron chi connectivity index (χ2n) is 12.4.